The molecule has 3 rings (SSSR count). The van der Waals surface area contributed by atoms with Gasteiger partial charge in [0.1, 0.15) is 12.1 Å². The molecule has 0 aliphatic carbocycles. The average Bonchev–Trinajstić information content (AvgIpc) is 3.02. The van der Waals surface area contributed by atoms with Crippen LogP contribution in [-0.4, -0.2) is 77.0 Å². The van der Waals surface area contributed by atoms with Gasteiger partial charge in [-0.25, -0.2) is 8.78 Å². The second-order valence-corrected chi connectivity index (χ2v) is 12.3. The quantitative estimate of drug-likeness (QED) is 0.230. The standard InChI is InChI=1S/C36H44F2N4O4/c1-24(43)23-40-34(45)31(22-26-15-18-29(37)30(38)20-26)42(5)35(46)32(41(4)33(44)12-9-19-36(2,3)39)21-25-13-16-28(17-14-25)27-10-7-6-8-11-27/h6-18,20,24,31-32,43H,19,21-23,39H2,1-5H3,(H,40,45)/b12-9+/t24-,31-,32-/m1/s1. The van der Waals surface area contributed by atoms with Gasteiger partial charge in [0.05, 0.1) is 6.10 Å². The van der Waals surface area contributed by atoms with Gasteiger partial charge in [0.15, 0.2) is 11.6 Å². The van der Waals surface area contributed by atoms with E-state index in [4.69, 9.17) is 5.73 Å². The highest BCUT2D eigenvalue weighted by molar-refractivity contribution is 5.95. The summed E-state index contributed by atoms with van der Waals surface area (Å²) in [5.41, 5.74) is 8.62. The molecule has 10 heteroatoms. The number of amides is 3. The molecular formula is C36H44F2N4O4. The number of aliphatic hydroxyl groups is 1. The van der Waals surface area contributed by atoms with Crippen molar-refractivity contribution in [3.63, 3.8) is 0 Å². The van der Waals surface area contributed by atoms with Crippen molar-refractivity contribution >= 4 is 17.7 Å². The Balaban J connectivity index is 1.95. The molecule has 0 unspecified atom stereocenters. The first kappa shape index (κ1) is 36.1. The van der Waals surface area contributed by atoms with Crippen LogP contribution in [0.5, 0.6) is 0 Å². The van der Waals surface area contributed by atoms with Gasteiger partial charge in [0.2, 0.25) is 17.7 Å². The van der Waals surface area contributed by atoms with E-state index >= 15 is 0 Å². The molecule has 4 N–H and O–H groups in total. The number of nitrogens with one attached hydrogen (secondary N) is 1. The van der Waals surface area contributed by atoms with Crippen LogP contribution in [-0.2, 0) is 27.2 Å². The van der Waals surface area contributed by atoms with Crippen LogP contribution in [0.3, 0.4) is 0 Å². The van der Waals surface area contributed by atoms with Crippen LogP contribution in [0.15, 0.2) is 84.9 Å². The fourth-order valence-electron chi connectivity index (χ4n) is 4.86. The zero-order valence-corrected chi connectivity index (χ0v) is 27.0. The van der Waals surface area contributed by atoms with Crippen molar-refractivity contribution in [2.45, 2.75) is 63.8 Å². The zero-order chi connectivity index (χ0) is 34.0. The fraction of sp³-hybridized carbons (Fsp3) is 0.361. The first-order valence-electron chi connectivity index (χ1n) is 15.2. The molecule has 0 saturated carbocycles. The highest BCUT2D eigenvalue weighted by Crippen LogP contribution is 2.22. The lowest BCUT2D eigenvalue weighted by molar-refractivity contribution is -0.146. The molecule has 0 aliphatic heterocycles. The summed E-state index contributed by atoms with van der Waals surface area (Å²) in [6.45, 7) is 5.09. The maximum absolute atomic E-state index is 14.2. The van der Waals surface area contributed by atoms with Crippen molar-refractivity contribution in [3.05, 3.63) is 108 Å². The van der Waals surface area contributed by atoms with Crippen molar-refractivity contribution < 1.29 is 28.3 Å². The molecule has 246 valence electrons. The lowest BCUT2D eigenvalue weighted by atomic mass is 9.98. The minimum absolute atomic E-state index is 0.0764. The second kappa shape index (κ2) is 16.2. The molecule has 3 aromatic rings. The van der Waals surface area contributed by atoms with Crippen LogP contribution in [0.25, 0.3) is 11.1 Å². The van der Waals surface area contributed by atoms with Crippen LogP contribution < -0.4 is 11.1 Å². The number of nitrogens with two attached hydrogens (primary N) is 1. The summed E-state index contributed by atoms with van der Waals surface area (Å²) in [5.74, 6) is -3.66. The number of carbonyl (C=O) groups excluding carboxylic acids is 3. The summed E-state index contributed by atoms with van der Waals surface area (Å²) < 4.78 is 27.7. The molecule has 0 fully saturated rings. The van der Waals surface area contributed by atoms with Crippen LogP contribution in [0.2, 0.25) is 0 Å². The van der Waals surface area contributed by atoms with Crippen molar-refractivity contribution in [2.24, 2.45) is 5.73 Å². The van der Waals surface area contributed by atoms with Crippen LogP contribution >= 0.6 is 0 Å². The third-order valence-corrected chi connectivity index (χ3v) is 7.60. The number of halogens is 2. The Kier molecular flexibility index (Phi) is 12.7. The van der Waals surface area contributed by atoms with Gasteiger partial charge in [-0.1, -0.05) is 66.7 Å². The van der Waals surface area contributed by atoms with Crippen LogP contribution in [0.4, 0.5) is 8.78 Å². The molecule has 8 nitrogen and oxygen atoms in total. The third kappa shape index (κ3) is 10.6. The Morgan fingerprint density at radius 2 is 1.46 bits per heavy atom. The SMILES string of the molecule is C[C@@H](O)CNC(=O)[C@@H](Cc1ccc(F)c(F)c1)N(C)C(=O)[C@@H](Cc1ccc(-c2ccccc2)cc1)N(C)C(=O)/C=C/CC(C)(C)N. The van der Waals surface area contributed by atoms with E-state index in [2.05, 4.69) is 5.32 Å². The smallest absolute Gasteiger partial charge is 0.246 e. The Morgan fingerprint density at radius 3 is 2.04 bits per heavy atom. The molecule has 0 saturated heterocycles. The number of hydrogen-bond donors (Lipinski definition) is 3. The highest BCUT2D eigenvalue weighted by Gasteiger charge is 2.35. The summed E-state index contributed by atoms with van der Waals surface area (Å²) >= 11 is 0. The lowest BCUT2D eigenvalue weighted by Gasteiger charge is -2.34. The van der Waals surface area contributed by atoms with Crippen LogP contribution in [0, 0.1) is 11.6 Å². The topological polar surface area (TPSA) is 116 Å². The number of likely N-dealkylation sites (N-methyl/N-ethyl adjacent to an activating group) is 2. The van der Waals surface area contributed by atoms with E-state index in [0.29, 0.717) is 12.0 Å². The summed E-state index contributed by atoms with van der Waals surface area (Å²) in [7, 11) is 2.96. The predicted molar refractivity (Wildman–Crippen MR) is 175 cm³/mol. The van der Waals surface area contributed by atoms with E-state index in [1.54, 1.807) is 6.08 Å². The normalized spacial score (nSPS) is 13.6. The van der Waals surface area contributed by atoms with E-state index in [9.17, 15) is 28.3 Å². The molecule has 3 aromatic carbocycles. The largest absolute Gasteiger partial charge is 0.392 e. The molecule has 3 atom stereocenters. The van der Waals surface area contributed by atoms with E-state index in [-0.39, 0.29) is 19.4 Å². The highest BCUT2D eigenvalue weighted by atomic mass is 19.2. The Hall–Kier alpha value is -4.41. The van der Waals surface area contributed by atoms with Gasteiger partial charge in [0, 0.05) is 39.0 Å². The van der Waals surface area contributed by atoms with Crippen molar-refractivity contribution in [3.8, 4) is 11.1 Å². The average molecular weight is 635 g/mol. The molecule has 0 aromatic heterocycles. The summed E-state index contributed by atoms with van der Waals surface area (Å²) in [6, 6.07) is 18.6. The number of hydrogen-bond acceptors (Lipinski definition) is 5. The first-order valence-corrected chi connectivity index (χ1v) is 15.2. The van der Waals surface area contributed by atoms with Gasteiger partial charge in [-0.05, 0) is 67.7 Å². The second-order valence-electron chi connectivity index (χ2n) is 12.3. The summed E-state index contributed by atoms with van der Waals surface area (Å²) in [4.78, 5) is 43.4. The summed E-state index contributed by atoms with van der Waals surface area (Å²) in [6.07, 6.45) is 2.63. The Labute approximate surface area is 269 Å². The fourth-order valence-corrected chi connectivity index (χ4v) is 4.86. The van der Waals surface area contributed by atoms with Gasteiger partial charge in [-0.3, -0.25) is 14.4 Å². The molecule has 3 amide bonds. The molecular weight excluding hydrogens is 590 g/mol. The number of carbonyl (C=O) groups is 3. The molecule has 0 aliphatic rings. The molecule has 46 heavy (non-hydrogen) atoms. The monoisotopic (exact) mass is 634 g/mol. The predicted octanol–water partition coefficient (Wildman–Crippen LogP) is 4.25. The number of nitrogens with zero attached hydrogens (tertiary/aromatic N) is 2. The molecule has 0 bridgehead atoms. The molecule has 0 heterocycles. The van der Waals surface area contributed by atoms with Gasteiger partial charge in [-0.2, -0.15) is 0 Å². The van der Waals surface area contributed by atoms with Gasteiger partial charge in [-0.15, -0.1) is 0 Å². The van der Waals surface area contributed by atoms with Gasteiger partial charge < -0.3 is 26.0 Å². The van der Waals surface area contributed by atoms with E-state index in [1.807, 2.05) is 68.4 Å². The van der Waals surface area contributed by atoms with Crippen LogP contribution in [0.1, 0.15) is 38.3 Å². The van der Waals surface area contributed by atoms with E-state index < -0.39 is 53.1 Å². The van der Waals surface area contributed by atoms with E-state index in [0.717, 1.165) is 28.8 Å². The minimum atomic E-state index is -1.16. The Bertz CT molecular complexity index is 1500. The number of benzene rings is 3. The maximum Gasteiger partial charge on any atom is 0.246 e. The van der Waals surface area contributed by atoms with Crippen molar-refractivity contribution in [1.82, 2.24) is 15.1 Å². The van der Waals surface area contributed by atoms with Gasteiger partial charge in [0.25, 0.3) is 0 Å². The number of rotatable bonds is 14. The third-order valence-electron chi connectivity index (χ3n) is 7.60. The number of aliphatic hydroxyl groups excluding tert-OH is 1. The van der Waals surface area contributed by atoms with Crippen molar-refractivity contribution in [2.75, 3.05) is 20.6 Å². The molecule has 0 radical (unpaired) electrons. The first-order chi connectivity index (χ1) is 21.7. The lowest BCUT2D eigenvalue weighted by Crippen LogP contribution is -2.56. The minimum Gasteiger partial charge on any atom is -0.392 e. The zero-order valence-electron chi connectivity index (χ0n) is 27.0. The van der Waals surface area contributed by atoms with E-state index in [1.165, 1.54) is 43.0 Å². The Morgan fingerprint density at radius 1 is 0.870 bits per heavy atom. The molecule has 0 spiro atoms. The van der Waals surface area contributed by atoms with Gasteiger partial charge >= 0.3 is 0 Å². The van der Waals surface area contributed by atoms with Crippen molar-refractivity contribution in [1.29, 1.82) is 0 Å². The summed E-state index contributed by atoms with van der Waals surface area (Å²) in [5, 5.41) is 12.4. The maximum atomic E-state index is 14.2.